The molecule has 1 aliphatic carbocycles. The summed E-state index contributed by atoms with van der Waals surface area (Å²) in [7, 11) is 1.89. The van der Waals surface area contributed by atoms with Gasteiger partial charge < -0.3 is 11.1 Å². The number of aryl methyl sites for hydroxylation is 1. The maximum absolute atomic E-state index is 11.8. The van der Waals surface area contributed by atoms with Crippen molar-refractivity contribution in [2.24, 2.45) is 18.2 Å². The SMILES string of the molecule is Cc1c(CNC(=O)C2(CN)CC2)cnn1C. The van der Waals surface area contributed by atoms with E-state index in [1.54, 1.807) is 10.9 Å². The molecule has 16 heavy (non-hydrogen) atoms. The van der Waals surface area contributed by atoms with Crippen LogP contribution in [0.4, 0.5) is 0 Å². The fraction of sp³-hybridized carbons (Fsp3) is 0.636. The maximum Gasteiger partial charge on any atom is 0.227 e. The number of nitrogens with zero attached hydrogens (tertiary/aromatic N) is 2. The van der Waals surface area contributed by atoms with Gasteiger partial charge in [0.05, 0.1) is 11.6 Å². The molecule has 1 aromatic rings. The Bertz CT molecular complexity index is 406. The first kappa shape index (κ1) is 11.1. The van der Waals surface area contributed by atoms with Crippen LogP contribution in [0.2, 0.25) is 0 Å². The topological polar surface area (TPSA) is 72.9 Å². The van der Waals surface area contributed by atoms with E-state index >= 15 is 0 Å². The molecule has 88 valence electrons. The Hall–Kier alpha value is -1.36. The van der Waals surface area contributed by atoms with Gasteiger partial charge in [0.1, 0.15) is 0 Å². The quantitative estimate of drug-likeness (QED) is 0.758. The number of hydrogen-bond acceptors (Lipinski definition) is 3. The van der Waals surface area contributed by atoms with Gasteiger partial charge in [0.25, 0.3) is 0 Å². The van der Waals surface area contributed by atoms with Gasteiger partial charge in [-0.25, -0.2) is 0 Å². The third-order valence-corrected chi connectivity index (χ3v) is 3.50. The lowest BCUT2D eigenvalue weighted by Gasteiger charge is -2.12. The highest BCUT2D eigenvalue weighted by Gasteiger charge is 2.48. The van der Waals surface area contributed by atoms with Crippen molar-refractivity contribution in [2.45, 2.75) is 26.3 Å². The molecule has 0 unspecified atom stereocenters. The van der Waals surface area contributed by atoms with Gasteiger partial charge >= 0.3 is 0 Å². The van der Waals surface area contributed by atoms with Gasteiger partial charge in [-0.1, -0.05) is 0 Å². The molecule has 5 heteroatoms. The summed E-state index contributed by atoms with van der Waals surface area (Å²) in [5.41, 5.74) is 7.47. The van der Waals surface area contributed by atoms with Crippen LogP contribution in [0, 0.1) is 12.3 Å². The van der Waals surface area contributed by atoms with E-state index in [0.29, 0.717) is 13.1 Å². The van der Waals surface area contributed by atoms with E-state index in [9.17, 15) is 4.79 Å². The van der Waals surface area contributed by atoms with Crippen molar-refractivity contribution in [3.63, 3.8) is 0 Å². The Morgan fingerprint density at radius 2 is 2.38 bits per heavy atom. The lowest BCUT2D eigenvalue weighted by molar-refractivity contribution is -0.126. The Balaban J connectivity index is 1.93. The second-order valence-electron chi connectivity index (χ2n) is 4.55. The molecule has 1 aliphatic rings. The summed E-state index contributed by atoms with van der Waals surface area (Å²) >= 11 is 0. The zero-order valence-electron chi connectivity index (χ0n) is 9.79. The summed E-state index contributed by atoms with van der Waals surface area (Å²) in [5.74, 6) is 0.0817. The molecule has 3 N–H and O–H groups in total. The molecule has 0 spiro atoms. The first-order valence-corrected chi connectivity index (χ1v) is 5.55. The number of carbonyl (C=O) groups excluding carboxylic acids is 1. The highest BCUT2D eigenvalue weighted by molar-refractivity contribution is 5.85. The third-order valence-electron chi connectivity index (χ3n) is 3.50. The van der Waals surface area contributed by atoms with Gasteiger partial charge in [-0.3, -0.25) is 9.48 Å². The van der Waals surface area contributed by atoms with Crippen LogP contribution in [0.5, 0.6) is 0 Å². The highest BCUT2D eigenvalue weighted by Crippen LogP contribution is 2.44. The van der Waals surface area contributed by atoms with E-state index in [1.165, 1.54) is 0 Å². The third kappa shape index (κ3) is 1.82. The molecule has 1 saturated carbocycles. The molecule has 0 aliphatic heterocycles. The summed E-state index contributed by atoms with van der Waals surface area (Å²) in [6.45, 7) is 2.98. The Kier molecular flexibility index (Phi) is 2.71. The van der Waals surface area contributed by atoms with Crippen LogP contribution >= 0.6 is 0 Å². The summed E-state index contributed by atoms with van der Waals surface area (Å²) in [6, 6.07) is 0. The molecular weight excluding hydrogens is 204 g/mol. The minimum Gasteiger partial charge on any atom is -0.351 e. The van der Waals surface area contributed by atoms with Crippen LogP contribution in [0.15, 0.2) is 6.20 Å². The second-order valence-corrected chi connectivity index (χ2v) is 4.55. The van der Waals surface area contributed by atoms with Crippen molar-refractivity contribution < 1.29 is 4.79 Å². The van der Waals surface area contributed by atoms with Crippen LogP contribution in [-0.2, 0) is 18.4 Å². The van der Waals surface area contributed by atoms with Crippen LogP contribution in [0.3, 0.4) is 0 Å². The van der Waals surface area contributed by atoms with Crippen molar-refractivity contribution in [1.29, 1.82) is 0 Å². The number of nitrogens with two attached hydrogens (primary N) is 1. The van der Waals surface area contributed by atoms with Crippen LogP contribution in [0.25, 0.3) is 0 Å². The van der Waals surface area contributed by atoms with Crippen molar-refractivity contribution in [2.75, 3.05) is 6.54 Å². The number of rotatable bonds is 4. The largest absolute Gasteiger partial charge is 0.351 e. The van der Waals surface area contributed by atoms with E-state index < -0.39 is 0 Å². The molecule has 0 atom stereocenters. The average molecular weight is 222 g/mol. The predicted octanol–water partition coefficient (Wildman–Crippen LogP) is 0.0836. The Morgan fingerprint density at radius 1 is 1.69 bits per heavy atom. The molecule has 1 heterocycles. The van der Waals surface area contributed by atoms with E-state index in [-0.39, 0.29) is 11.3 Å². The highest BCUT2D eigenvalue weighted by atomic mass is 16.2. The Labute approximate surface area is 95.0 Å². The van der Waals surface area contributed by atoms with Gasteiger partial charge in [-0.05, 0) is 19.8 Å². The molecular formula is C11H18N4O. The van der Waals surface area contributed by atoms with Gasteiger partial charge in [0.2, 0.25) is 5.91 Å². The smallest absolute Gasteiger partial charge is 0.227 e. The monoisotopic (exact) mass is 222 g/mol. The zero-order chi connectivity index (χ0) is 11.8. The Morgan fingerprint density at radius 3 is 2.81 bits per heavy atom. The van der Waals surface area contributed by atoms with Crippen molar-refractivity contribution in [1.82, 2.24) is 15.1 Å². The molecule has 1 fully saturated rings. The number of amides is 1. The number of aromatic nitrogens is 2. The fourth-order valence-corrected chi connectivity index (χ4v) is 1.76. The summed E-state index contributed by atoms with van der Waals surface area (Å²) in [5, 5.41) is 7.07. The molecule has 0 aromatic carbocycles. The maximum atomic E-state index is 11.8. The van der Waals surface area contributed by atoms with E-state index in [2.05, 4.69) is 10.4 Å². The standard InChI is InChI=1S/C11H18N4O/c1-8-9(6-14-15(8)2)5-13-10(16)11(7-12)3-4-11/h6H,3-5,7,12H2,1-2H3,(H,13,16). The van der Waals surface area contributed by atoms with Gasteiger partial charge in [0, 0.05) is 31.4 Å². The number of carbonyl (C=O) groups is 1. The van der Waals surface area contributed by atoms with E-state index in [0.717, 1.165) is 24.1 Å². The normalized spacial score (nSPS) is 17.2. The lowest BCUT2D eigenvalue weighted by atomic mass is 10.1. The number of nitrogens with one attached hydrogen (secondary N) is 1. The molecule has 1 amide bonds. The molecule has 0 bridgehead atoms. The van der Waals surface area contributed by atoms with Gasteiger partial charge in [0.15, 0.2) is 0 Å². The minimum atomic E-state index is -0.268. The van der Waals surface area contributed by atoms with Crippen molar-refractivity contribution in [3.05, 3.63) is 17.5 Å². The van der Waals surface area contributed by atoms with Crippen molar-refractivity contribution >= 4 is 5.91 Å². The zero-order valence-corrected chi connectivity index (χ0v) is 9.79. The fourth-order valence-electron chi connectivity index (χ4n) is 1.76. The molecule has 1 aromatic heterocycles. The van der Waals surface area contributed by atoms with Crippen LogP contribution < -0.4 is 11.1 Å². The van der Waals surface area contributed by atoms with Crippen molar-refractivity contribution in [3.8, 4) is 0 Å². The summed E-state index contributed by atoms with van der Waals surface area (Å²) in [4.78, 5) is 11.8. The van der Waals surface area contributed by atoms with E-state index in [4.69, 9.17) is 5.73 Å². The van der Waals surface area contributed by atoms with Crippen LogP contribution in [-0.4, -0.2) is 22.2 Å². The lowest BCUT2D eigenvalue weighted by Crippen LogP contribution is -2.36. The van der Waals surface area contributed by atoms with Gasteiger partial charge in [-0.2, -0.15) is 5.10 Å². The number of hydrogen-bond donors (Lipinski definition) is 2. The van der Waals surface area contributed by atoms with Crippen LogP contribution in [0.1, 0.15) is 24.1 Å². The van der Waals surface area contributed by atoms with E-state index in [1.807, 2.05) is 14.0 Å². The first-order valence-electron chi connectivity index (χ1n) is 5.55. The molecule has 5 nitrogen and oxygen atoms in total. The average Bonchev–Trinajstić information content (AvgIpc) is 3.02. The molecule has 0 saturated heterocycles. The first-order chi connectivity index (χ1) is 7.59. The molecule has 2 rings (SSSR count). The second kappa shape index (κ2) is 3.90. The predicted molar refractivity (Wildman–Crippen MR) is 60.5 cm³/mol. The summed E-state index contributed by atoms with van der Waals surface area (Å²) in [6.07, 6.45) is 3.63. The minimum absolute atomic E-state index is 0.0817. The summed E-state index contributed by atoms with van der Waals surface area (Å²) < 4.78 is 1.80. The van der Waals surface area contributed by atoms with Gasteiger partial charge in [-0.15, -0.1) is 0 Å². The molecule has 0 radical (unpaired) electrons.